The SMILES string of the molecule is COc1ccc(OCCCN2C(=O)COc3ccc(NC(=O)CCC4CCCCC4)cc32)cc1. The Balaban J connectivity index is 1.30. The molecule has 2 aromatic rings. The molecule has 2 aliphatic rings. The van der Waals surface area contributed by atoms with Crippen LogP contribution in [0.4, 0.5) is 11.4 Å². The predicted molar refractivity (Wildman–Crippen MR) is 132 cm³/mol. The second-order valence-corrected chi connectivity index (χ2v) is 8.98. The van der Waals surface area contributed by atoms with Crippen molar-refractivity contribution in [1.29, 1.82) is 0 Å². The van der Waals surface area contributed by atoms with E-state index in [1.165, 1.54) is 32.1 Å². The number of methoxy groups -OCH3 is 1. The van der Waals surface area contributed by atoms with E-state index in [2.05, 4.69) is 5.32 Å². The summed E-state index contributed by atoms with van der Waals surface area (Å²) in [4.78, 5) is 26.8. The van der Waals surface area contributed by atoms with Crippen LogP contribution in [0, 0.1) is 5.92 Å². The molecule has 2 amide bonds. The van der Waals surface area contributed by atoms with Gasteiger partial charge in [0.1, 0.15) is 17.2 Å². The van der Waals surface area contributed by atoms with Crippen LogP contribution in [0.1, 0.15) is 51.4 Å². The van der Waals surface area contributed by atoms with Crippen LogP contribution in [0.15, 0.2) is 42.5 Å². The summed E-state index contributed by atoms with van der Waals surface area (Å²) >= 11 is 0. The van der Waals surface area contributed by atoms with Gasteiger partial charge in [0.2, 0.25) is 5.91 Å². The molecule has 0 radical (unpaired) electrons. The van der Waals surface area contributed by atoms with Crippen molar-refractivity contribution < 1.29 is 23.8 Å². The number of ether oxygens (including phenoxy) is 3. The minimum atomic E-state index is -0.0993. The summed E-state index contributed by atoms with van der Waals surface area (Å²) in [6, 6.07) is 12.9. The molecule has 7 heteroatoms. The summed E-state index contributed by atoms with van der Waals surface area (Å²) in [6.45, 7) is 0.994. The molecule has 1 aliphatic heterocycles. The third-order valence-electron chi connectivity index (χ3n) is 6.54. The van der Waals surface area contributed by atoms with Gasteiger partial charge in [0.25, 0.3) is 5.91 Å². The van der Waals surface area contributed by atoms with Crippen molar-refractivity contribution in [3.63, 3.8) is 0 Å². The van der Waals surface area contributed by atoms with Gasteiger partial charge in [0, 0.05) is 18.7 Å². The molecular formula is C27H34N2O5. The van der Waals surface area contributed by atoms with Crippen LogP contribution in [-0.4, -0.2) is 38.7 Å². The van der Waals surface area contributed by atoms with Gasteiger partial charge in [-0.1, -0.05) is 32.1 Å². The highest BCUT2D eigenvalue weighted by atomic mass is 16.5. The maximum Gasteiger partial charge on any atom is 0.265 e. The number of carbonyl (C=O) groups is 2. The van der Waals surface area contributed by atoms with Crippen LogP contribution in [0.5, 0.6) is 17.2 Å². The molecule has 1 saturated carbocycles. The lowest BCUT2D eigenvalue weighted by molar-refractivity contribution is -0.121. The molecule has 0 saturated heterocycles. The molecule has 4 rings (SSSR count). The van der Waals surface area contributed by atoms with Crippen LogP contribution >= 0.6 is 0 Å². The number of fused-ring (bicyclic) bond motifs is 1. The Labute approximate surface area is 201 Å². The smallest absolute Gasteiger partial charge is 0.265 e. The average Bonchev–Trinajstić information content (AvgIpc) is 2.87. The van der Waals surface area contributed by atoms with Gasteiger partial charge < -0.3 is 24.4 Å². The zero-order valence-electron chi connectivity index (χ0n) is 19.9. The van der Waals surface area contributed by atoms with Crippen LogP contribution in [-0.2, 0) is 9.59 Å². The third kappa shape index (κ3) is 6.43. The molecule has 182 valence electrons. The summed E-state index contributed by atoms with van der Waals surface area (Å²) in [5.41, 5.74) is 1.37. The van der Waals surface area contributed by atoms with E-state index in [1.807, 2.05) is 42.5 Å². The Morgan fingerprint density at radius 1 is 1.09 bits per heavy atom. The van der Waals surface area contributed by atoms with E-state index in [9.17, 15) is 9.59 Å². The second kappa shape index (κ2) is 11.8. The summed E-state index contributed by atoms with van der Waals surface area (Å²) in [5.74, 6) is 2.78. The minimum Gasteiger partial charge on any atom is -0.497 e. The Hall–Kier alpha value is -3.22. The van der Waals surface area contributed by atoms with Gasteiger partial charge in [0.05, 0.1) is 19.4 Å². The van der Waals surface area contributed by atoms with E-state index in [4.69, 9.17) is 14.2 Å². The van der Waals surface area contributed by atoms with E-state index in [-0.39, 0.29) is 18.4 Å². The second-order valence-electron chi connectivity index (χ2n) is 8.98. The fourth-order valence-electron chi connectivity index (χ4n) is 4.64. The lowest BCUT2D eigenvalue weighted by atomic mass is 9.86. The number of hydrogen-bond acceptors (Lipinski definition) is 5. The van der Waals surface area contributed by atoms with Gasteiger partial charge in [-0.15, -0.1) is 0 Å². The lowest BCUT2D eigenvalue weighted by Gasteiger charge is -2.30. The monoisotopic (exact) mass is 466 g/mol. The van der Waals surface area contributed by atoms with Gasteiger partial charge in [-0.25, -0.2) is 0 Å². The van der Waals surface area contributed by atoms with E-state index in [1.54, 1.807) is 12.0 Å². The van der Waals surface area contributed by atoms with Gasteiger partial charge >= 0.3 is 0 Å². The van der Waals surface area contributed by atoms with Crippen molar-refractivity contribution in [2.24, 2.45) is 5.92 Å². The van der Waals surface area contributed by atoms with Crippen molar-refractivity contribution in [3.8, 4) is 17.2 Å². The number of nitrogens with zero attached hydrogens (tertiary/aromatic N) is 1. The van der Waals surface area contributed by atoms with Crippen molar-refractivity contribution in [2.75, 3.05) is 37.1 Å². The first-order valence-corrected chi connectivity index (χ1v) is 12.3. The maximum atomic E-state index is 12.6. The molecule has 1 heterocycles. The quantitative estimate of drug-likeness (QED) is 0.488. The third-order valence-corrected chi connectivity index (χ3v) is 6.54. The van der Waals surface area contributed by atoms with Crippen LogP contribution in [0.25, 0.3) is 0 Å². The number of benzene rings is 2. The molecule has 7 nitrogen and oxygen atoms in total. The number of anilines is 2. The number of nitrogens with one attached hydrogen (secondary N) is 1. The normalized spacial score (nSPS) is 15.9. The van der Waals surface area contributed by atoms with Crippen molar-refractivity contribution >= 4 is 23.2 Å². The van der Waals surface area contributed by atoms with Crippen LogP contribution in [0.2, 0.25) is 0 Å². The van der Waals surface area contributed by atoms with Crippen molar-refractivity contribution in [2.45, 2.75) is 51.4 Å². The van der Waals surface area contributed by atoms with E-state index in [0.717, 1.165) is 17.9 Å². The van der Waals surface area contributed by atoms with Crippen molar-refractivity contribution in [1.82, 2.24) is 0 Å². The molecule has 0 bridgehead atoms. The maximum absolute atomic E-state index is 12.6. The number of hydrogen-bond donors (Lipinski definition) is 1. The highest BCUT2D eigenvalue weighted by Gasteiger charge is 2.26. The molecule has 1 N–H and O–H groups in total. The summed E-state index contributed by atoms with van der Waals surface area (Å²) in [7, 11) is 1.63. The largest absolute Gasteiger partial charge is 0.497 e. The Morgan fingerprint density at radius 2 is 1.85 bits per heavy atom. The topological polar surface area (TPSA) is 77.1 Å². The van der Waals surface area contributed by atoms with Gasteiger partial charge in [-0.05, 0) is 61.2 Å². The molecule has 1 aliphatic carbocycles. The highest BCUT2D eigenvalue weighted by Crippen LogP contribution is 2.35. The van der Waals surface area contributed by atoms with Gasteiger partial charge in [0.15, 0.2) is 6.61 Å². The van der Waals surface area contributed by atoms with Gasteiger partial charge in [-0.3, -0.25) is 9.59 Å². The highest BCUT2D eigenvalue weighted by molar-refractivity contribution is 5.99. The molecule has 0 spiro atoms. The first kappa shape index (κ1) is 23.9. The molecular weight excluding hydrogens is 432 g/mol. The van der Waals surface area contributed by atoms with Crippen molar-refractivity contribution in [3.05, 3.63) is 42.5 Å². The standard InChI is InChI=1S/C27H34N2O5/c1-32-22-10-12-23(13-11-22)33-17-5-16-29-24-18-21(9-14-25(24)34-19-27(29)31)28-26(30)15-8-20-6-3-2-4-7-20/h9-14,18,20H,2-8,15-17,19H2,1H3,(H,28,30). The number of carbonyl (C=O) groups excluding carboxylic acids is 2. The van der Waals surface area contributed by atoms with Gasteiger partial charge in [-0.2, -0.15) is 0 Å². The molecule has 0 atom stereocenters. The molecule has 0 unspecified atom stereocenters. The van der Waals surface area contributed by atoms with Crippen LogP contribution in [0.3, 0.4) is 0 Å². The summed E-state index contributed by atoms with van der Waals surface area (Å²) < 4.78 is 16.6. The first-order valence-electron chi connectivity index (χ1n) is 12.3. The summed E-state index contributed by atoms with van der Waals surface area (Å²) in [5, 5.41) is 3.00. The fraction of sp³-hybridized carbons (Fsp3) is 0.481. The minimum absolute atomic E-state index is 0.0133. The predicted octanol–water partition coefficient (Wildman–Crippen LogP) is 5.19. The molecule has 34 heavy (non-hydrogen) atoms. The molecule has 0 aromatic heterocycles. The van der Waals surface area contributed by atoms with E-state index < -0.39 is 0 Å². The first-order chi connectivity index (χ1) is 16.6. The number of amides is 2. The fourth-order valence-corrected chi connectivity index (χ4v) is 4.64. The Bertz CT molecular complexity index is 969. The zero-order chi connectivity index (χ0) is 23.8. The molecule has 1 fully saturated rings. The number of rotatable bonds is 10. The molecule has 2 aromatic carbocycles. The Kier molecular flexibility index (Phi) is 8.28. The Morgan fingerprint density at radius 3 is 2.62 bits per heavy atom. The average molecular weight is 467 g/mol. The van der Waals surface area contributed by atoms with Crippen LogP contribution < -0.4 is 24.4 Å². The zero-order valence-corrected chi connectivity index (χ0v) is 19.9. The lowest BCUT2D eigenvalue weighted by Crippen LogP contribution is -2.39. The summed E-state index contributed by atoms with van der Waals surface area (Å²) in [6.07, 6.45) is 8.50. The van der Waals surface area contributed by atoms with E-state index in [0.29, 0.717) is 49.0 Å². The van der Waals surface area contributed by atoms with E-state index >= 15 is 0 Å².